The monoisotopic (exact) mass is 412 g/mol. The number of carbonyl (C=O) groups is 1. The summed E-state index contributed by atoms with van der Waals surface area (Å²) >= 11 is 1.43. The third-order valence-corrected chi connectivity index (χ3v) is 5.88. The zero-order chi connectivity index (χ0) is 20.3. The second kappa shape index (κ2) is 8.00. The van der Waals surface area contributed by atoms with Crippen LogP contribution < -0.4 is 10.6 Å². The molecule has 6 heteroatoms. The molecule has 5 rings (SSSR count). The first kappa shape index (κ1) is 18.4. The Bertz CT molecular complexity index is 1330. The molecular weight excluding hydrogens is 392 g/mol. The van der Waals surface area contributed by atoms with Crippen molar-refractivity contribution in [2.75, 3.05) is 11.9 Å². The first-order valence-electron chi connectivity index (χ1n) is 9.81. The normalized spacial score (nSPS) is 11.1. The Morgan fingerprint density at radius 2 is 1.77 bits per heavy atom. The molecule has 2 aromatic heterocycles. The molecule has 0 spiro atoms. The number of nitrogens with zero attached hydrogens (tertiary/aromatic N) is 1. The predicted octanol–water partition coefficient (Wildman–Crippen LogP) is 5.49. The molecule has 0 saturated carbocycles. The predicted molar refractivity (Wildman–Crippen MR) is 124 cm³/mol. The van der Waals surface area contributed by atoms with Crippen molar-refractivity contribution in [1.82, 2.24) is 15.3 Å². The minimum Gasteiger partial charge on any atom is -0.361 e. The number of carbonyl (C=O) groups excluding carboxylic acids is 1. The quantitative estimate of drug-likeness (QED) is 0.345. The van der Waals surface area contributed by atoms with Crippen molar-refractivity contribution in [1.29, 1.82) is 0 Å². The summed E-state index contributed by atoms with van der Waals surface area (Å²) in [6, 6.07) is 22.5. The molecular formula is C24H20N4OS. The van der Waals surface area contributed by atoms with Crippen molar-refractivity contribution in [2.45, 2.75) is 6.42 Å². The van der Waals surface area contributed by atoms with E-state index < -0.39 is 0 Å². The van der Waals surface area contributed by atoms with E-state index in [-0.39, 0.29) is 5.91 Å². The number of aromatic nitrogens is 2. The Hall–Kier alpha value is -3.64. The van der Waals surface area contributed by atoms with E-state index >= 15 is 0 Å². The van der Waals surface area contributed by atoms with Gasteiger partial charge in [-0.05, 0) is 29.5 Å². The summed E-state index contributed by atoms with van der Waals surface area (Å²) < 4.78 is 0. The van der Waals surface area contributed by atoms with Gasteiger partial charge in [-0.1, -0.05) is 54.6 Å². The summed E-state index contributed by atoms with van der Waals surface area (Å²) in [5.74, 6) is -0.155. The van der Waals surface area contributed by atoms with Gasteiger partial charge >= 0.3 is 0 Å². The van der Waals surface area contributed by atoms with Crippen molar-refractivity contribution in [3.05, 3.63) is 89.6 Å². The Balaban J connectivity index is 1.23. The Morgan fingerprint density at radius 1 is 0.967 bits per heavy atom. The molecule has 0 radical (unpaired) electrons. The molecule has 0 fully saturated rings. The van der Waals surface area contributed by atoms with Crippen LogP contribution in [-0.4, -0.2) is 22.4 Å². The molecule has 2 heterocycles. The second-order valence-electron chi connectivity index (χ2n) is 7.06. The standard InChI is InChI=1S/C24H20N4OS/c29-23(25-13-12-17-14-26-20-10-4-3-9-19(17)20)22-15-30-24(28-22)27-21-11-5-7-16-6-1-2-8-18(16)21/h1-11,14-15,26H,12-13H2,(H,25,29)(H,27,28). The summed E-state index contributed by atoms with van der Waals surface area (Å²) in [4.78, 5) is 20.2. The number of fused-ring (bicyclic) bond motifs is 2. The molecule has 0 aliphatic carbocycles. The van der Waals surface area contributed by atoms with Gasteiger partial charge in [-0.25, -0.2) is 4.98 Å². The average molecular weight is 413 g/mol. The number of anilines is 2. The highest BCUT2D eigenvalue weighted by molar-refractivity contribution is 7.14. The lowest BCUT2D eigenvalue weighted by atomic mass is 10.1. The second-order valence-corrected chi connectivity index (χ2v) is 7.91. The van der Waals surface area contributed by atoms with Gasteiger partial charge in [0.25, 0.3) is 5.91 Å². The lowest BCUT2D eigenvalue weighted by Gasteiger charge is -2.07. The van der Waals surface area contributed by atoms with E-state index in [1.165, 1.54) is 22.3 Å². The van der Waals surface area contributed by atoms with Crippen LogP contribution in [0.25, 0.3) is 21.7 Å². The zero-order valence-electron chi connectivity index (χ0n) is 16.2. The van der Waals surface area contributed by atoms with E-state index in [0.29, 0.717) is 17.4 Å². The number of amides is 1. The lowest BCUT2D eigenvalue weighted by Crippen LogP contribution is -2.25. The van der Waals surface area contributed by atoms with Gasteiger partial charge < -0.3 is 15.6 Å². The van der Waals surface area contributed by atoms with Gasteiger partial charge in [0.15, 0.2) is 5.13 Å². The zero-order valence-corrected chi connectivity index (χ0v) is 17.0. The molecule has 5 nitrogen and oxygen atoms in total. The number of hydrogen-bond acceptors (Lipinski definition) is 4. The number of thiazole rings is 1. The fourth-order valence-corrected chi connectivity index (χ4v) is 4.33. The van der Waals surface area contributed by atoms with Crippen LogP contribution in [-0.2, 0) is 6.42 Å². The minimum absolute atomic E-state index is 0.155. The van der Waals surface area contributed by atoms with Gasteiger partial charge in [0.1, 0.15) is 5.69 Å². The summed E-state index contributed by atoms with van der Waals surface area (Å²) in [6.45, 7) is 0.560. The number of para-hydroxylation sites is 1. The molecule has 30 heavy (non-hydrogen) atoms. The fourth-order valence-electron chi connectivity index (χ4n) is 3.62. The first-order valence-corrected chi connectivity index (χ1v) is 10.7. The number of aromatic amines is 1. The molecule has 1 amide bonds. The molecule has 0 saturated heterocycles. The number of hydrogen-bond donors (Lipinski definition) is 3. The van der Waals surface area contributed by atoms with E-state index in [1.54, 1.807) is 5.38 Å². The van der Waals surface area contributed by atoms with E-state index in [0.717, 1.165) is 28.4 Å². The minimum atomic E-state index is -0.155. The van der Waals surface area contributed by atoms with Crippen LogP contribution in [0.5, 0.6) is 0 Å². The summed E-state index contributed by atoms with van der Waals surface area (Å²) in [6.07, 6.45) is 2.77. The smallest absolute Gasteiger partial charge is 0.270 e. The van der Waals surface area contributed by atoms with Crippen LogP contribution in [0, 0.1) is 0 Å². The van der Waals surface area contributed by atoms with Crippen LogP contribution in [0.1, 0.15) is 16.1 Å². The number of nitrogens with one attached hydrogen (secondary N) is 3. The van der Waals surface area contributed by atoms with Gasteiger partial charge in [0.05, 0.1) is 0 Å². The van der Waals surface area contributed by atoms with E-state index in [2.05, 4.69) is 50.9 Å². The van der Waals surface area contributed by atoms with Crippen LogP contribution in [0.4, 0.5) is 10.8 Å². The molecule has 3 aromatic carbocycles. The Morgan fingerprint density at radius 3 is 2.70 bits per heavy atom. The van der Waals surface area contributed by atoms with Crippen molar-refractivity contribution in [3.8, 4) is 0 Å². The number of rotatable bonds is 6. The molecule has 0 bridgehead atoms. The van der Waals surface area contributed by atoms with Gasteiger partial charge in [0.2, 0.25) is 0 Å². The third kappa shape index (κ3) is 3.65. The average Bonchev–Trinajstić information content (AvgIpc) is 3.41. The van der Waals surface area contributed by atoms with Crippen molar-refractivity contribution in [2.24, 2.45) is 0 Å². The molecule has 0 aliphatic heterocycles. The molecule has 148 valence electrons. The van der Waals surface area contributed by atoms with Crippen molar-refractivity contribution in [3.63, 3.8) is 0 Å². The largest absolute Gasteiger partial charge is 0.361 e. The van der Waals surface area contributed by atoms with Crippen LogP contribution >= 0.6 is 11.3 Å². The Kier molecular flexibility index (Phi) is 4.91. The van der Waals surface area contributed by atoms with Crippen LogP contribution in [0.15, 0.2) is 78.3 Å². The van der Waals surface area contributed by atoms with Gasteiger partial charge in [-0.15, -0.1) is 11.3 Å². The highest BCUT2D eigenvalue weighted by Crippen LogP contribution is 2.28. The topological polar surface area (TPSA) is 69.8 Å². The number of benzene rings is 3. The molecule has 0 aliphatic rings. The summed E-state index contributed by atoms with van der Waals surface area (Å²) in [7, 11) is 0. The van der Waals surface area contributed by atoms with Gasteiger partial charge in [-0.3, -0.25) is 4.79 Å². The van der Waals surface area contributed by atoms with E-state index in [4.69, 9.17) is 0 Å². The third-order valence-electron chi connectivity index (χ3n) is 5.12. The fraction of sp³-hybridized carbons (Fsp3) is 0.0833. The summed E-state index contributed by atoms with van der Waals surface area (Å²) in [5, 5.41) is 12.3. The maximum atomic E-state index is 12.5. The van der Waals surface area contributed by atoms with Crippen LogP contribution in [0.2, 0.25) is 0 Å². The first-order chi connectivity index (χ1) is 14.8. The van der Waals surface area contributed by atoms with Gasteiger partial charge in [0, 0.05) is 40.1 Å². The highest BCUT2D eigenvalue weighted by Gasteiger charge is 2.12. The van der Waals surface area contributed by atoms with Crippen LogP contribution in [0.3, 0.4) is 0 Å². The maximum absolute atomic E-state index is 12.5. The van der Waals surface area contributed by atoms with Crippen molar-refractivity contribution >= 4 is 49.7 Å². The van der Waals surface area contributed by atoms with E-state index in [1.807, 2.05) is 42.6 Å². The molecule has 0 atom stereocenters. The van der Waals surface area contributed by atoms with Crippen molar-refractivity contribution < 1.29 is 4.79 Å². The highest BCUT2D eigenvalue weighted by atomic mass is 32.1. The number of H-pyrrole nitrogens is 1. The lowest BCUT2D eigenvalue weighted by molar-refractivity contribution is 0.0950. The molecule has 0 unspecified atom stereocenters. The Labute approximate surface area is 177 Å². The van der Waals surface area contributed by atoms with E-state index in [9.17, 15) is 4.79 Å². The molecule has 3 N–H and O–H groups in total. The molecule has 5 aromatic rings. The van der Waals surface area contributed by atoms with Gasteiger partial charge in [-0.2, -0.15) is 0 Å². The maximum Gasteiger partial charge on any atom is 0.270 e. The SMILES string of the molecule is O=C(NCCc1c[nH]c2ccccc12)c1csc(Nc2cccc3ccccc23)n1. The summed E-state index contributed by atoms with van der Waals surface area (Å²) in [5.41, 5.74) is 3.72.